The van der Waals surface area contributed by atoms with Gasteiger partial charge < -0.3 is 20.1 Å². The van der Waals surface area contributed by atoms with Crippen molar-refractivity contribution >= 4 is 18.0 Å². The Labute approximate surface area is 200 Å². The van der Waals surface area contributed by atoms with Crippen molar-refractivity contribution in [2.75, 3.05) is 13.2 Å². The van der Waals surface area contributed by atoms with Gasteiger partial charge in [-0.2, -0.15) is 0 Å². The van der Waals surface area contributed by atoms with Gasteiger partial charge in [-0.05, 0) is 47.4 Å². The number of fused-ring (bicyclic) bond motifs is 3. The van der Waals surface area contributed by atoms with Crippen LogP contribution in [0.5, 0.6) is 0 Å². The normalized spacial score (nSPS) is 17.9. The highest BCUT2D eigenvalue weighted by atomic mass is 16.5. The number of nitrogens with zero attached hydrogens (tertiary/aromatic N) is 1. The smallest absolute Gasteiger partial charge is 0.407 e. The van der Waals surface area contributed by atoms with Gasteiger partial charge in [0.1, 0.15) is 12.6 Å². The molecule has 180 valence electrons. The summed E-state index contributed by atoms with van der Waals surface area (Å²) in [6.07, 6.45) is 1.18. The second-order valence-electron chi connectivity index (χ2n) is 9.58. The number of rotatable bonds is 8. The zero-order valence-electron chi connectivity index (χ0n) is 19.7. The molecule has 1 saturated heterocycles. The molecular formula is C27H32N2O5. The van der Waals surface area contributed by atoms with Crippen molar-refractivity contribution in [1.82, 2.24) is 10.2 Å². The van der Waals surface area contributed by atoms with Gasteiger partial charge in [-0.15, -0.1) is 0 Å². The standard InChI is InChI=1S/C27H32N2O5/c1-17(2)14-24(26(32)29-13-7-8-18(29)15-25(30)31)28-27(33)34-16-23-21-11-5-3-9-19(21)20-10-4-6-12-22(20)23/h3-6,9-12,17-18,23-24H,7-8,13-16H2,1-2H3,(H,28,33)(H,30,31)/t18-,24?/m1/s1. The summed E-state index contributed by atoms with van der Waals surface area (Å²) < 4.78 is 5.64. The van der Waals surface area contributed by atoms with E-state index in [2.05, 4.69) is 29.6 Å². The third-order valence-electron chi connectivity index (χ3n) is 6.71. The van der Waals surface area contributed by atoms with E-state index in [9.17, 15) is 19.5 Å². The second kappa shape index (κ2) is 10.3. The molecule has 0 radical (unpaired) electrons. The molecular weight excluding hydrogens is 432 g/mol. The maximum Gasteiger partial charge on any atom is 0.407 e. The van der Waals surface area contributed by atoms with Crippen molar-refractivity contribution in [2.24, 2.45) is 5.92 Å². The fourth-order valence-corrected chi connectivity index (χ4v) is 5.22. The molecule has 0 aromatic heterocycles. The molecule has 0 saturated carbocycles. The summed E-state index contributed by atoms with van der Waals surface area (Å²) in [5.41, 5.74) is 4.55. The van der Waals surface area contributed by atoms with Crippen molar-refractivity contribution in [3.8, 4) is 11.1 Å². The highest BCUT2D eigenvalue weighted by Crippen LogP contribution is 2.44. The van der Waals surface area contributed by atoms with E-state index < -0.39 is 18.1 Å². The first-order valence-electron chi connectivity index (χ1n) is 12.0. The number of benzene rings is 2. The zero-order valence-corrected chi connectivity index (χ0v) is 19.7. The van der Waals surface area contributed by atoms with Crippen LogP contribution in [0.1, 0.15) is 56.6 Å². The quantitative estimate of drug-likeness (QED) is 0.604. The summed E-state index contributed by atoms with van der Waals surface area (Å²) >= 11 is 0. The van der Waals surface area contributed by atoms with Crippen LogP contribution >= 0.6 is 0 Å². The Kier molecular flexibility index (Phi) is 7.20. The minimum Gasteiger partial charge on any atom is -0.481 e. The van der Waals surface area contributed by atoms with Crippen molar-refractivity contribution in [3.05, 3.63) is 59.7 Å². The molecule has 2 atom stereocenters. The Balaban J connectivity index is 1.43. The van der Waals surface area contributed by atoms with Gasteiger partial charge in [-0.25, -0.2) is 4.79 Å². The van der Waals surface area contributed by atoms with Crippen LogP contribution in [-0.4, -0.2) is 53.2 Å². The Morgan fingerprint density at radius 1 is 1.06 bits per heavy atom. The van der Waals surface area contributed by atoms with Crippen LogP contribution in [0.25, 0.3) is 11.1 Å². The predicted molar refractivity (Wildman–Crippen MR) is 128 cm³/mol. The van der Waals surface area contributed by atoms with Gasteiger partial charge in [0.25, 0.3) is 0 Å². The molecule has 1 aliphatic heterocycles. The molecule has 0 bridgehead atoms. The lowest BCUT2D eigenvalue weighted by atomic mass is 9.98. The largest absolute Gasteiger partial charge is 0.481 e. The molecule has 34 heavy (non-hydrogen) atoms. The van der Waals surface area contributed by atoms with E-state index in [1.54, 1.807) is 4.90 Å². The molecule has 1 unspecified atom stereocenters. The SMILES string of the molecule is CC(C)CC(NC(=O)OCC1c2ccccc2-c2ccccc21)C(=O)N1CCC[C@@H]1CC(=O)O. The van der Waals surface area contributed by atoms with E-state index in [1.807, 2.05) is 38.1 Å². The van der Waals surface area contributed by atoms with Crippen molar-refractivity contribution in [3.63, 3.8) is 0 Å². The maximum absolute atomic E-state index is 13.3. The van der Waals surface area contributed by atoms with Gasteiger partial charge >= 0.3 is 12.1 Å². The number of hydrogen-bond donors (Lipinski definition) is 2. The van der Waals surface area contributed by atoms with E-state index in [0.29, 0.717) is 19.4 Å². The fraction of sp³-hybridized carbons (Fsp3) is 0.444. The van der Waals surface area contributed by atoms with E-state index >= 15 is 0 Å². The summed E-state index contributed by atoms with van der Waals surface area (Å²) in [7, 11) is 0. The third kappa shape index (κ3) is 5.08. The van der Waals surface area contributed by atoms with Crippen molar-refractivity contribution in [2.45, 2.75) is 57.5 Å². The second-order valence-corrected chi connectivity index (χ2v) is 9.58. The van der Waals surface area contributed by atoms with Crippen LogP contribution in [0, 0.1) is 5.92 Å². The van der Waals surface area contributed by atoms with Crippen LogP contribution in [0.15, 0.2) is 48.5 Å². The molecule has 7 nitrogen and oxygen atoms in total. The lowest BCUT2D eigenvalue weighted by molar-refractivity contribution is -0.140. The molecule has 4 rings (SSSR count). The number of amides is 2. The molecule has 2 aliphatic rings. The summed E-state index contributed by atoms with van der Waals surface area (Å²) in [5.74, 6) is -1.04. The molecule has 0 spiro atoms. The van der Waals surface area contributed by atoms with Gasteiger partial charge in [0.05, 0.1) is 6.42 Å². The van der Waals surface area contributed by atoms with Crippen molar-refractivity contribution in [1.29, 1.82) is 0 Å². The lowest BCUT2D eigenvalue weighted by Gasteiger charge is -2.29. The topological polar surface area (TPSA) is 95.9 Å². The van der Waals surface area contributed by atoms with Crippen LogP contribution in [0.3, 0.4) is 0 Å². The number of carboxylic acid groups (broad SMARTS) is 1. The average molecular weight is 465 g/mol. The number of nitrogens with one attached hydrogen (secondary N) is 1. The minimum atomic E-state index is -0.922. The van der Waals surface area contributed by atoms with Crippen LogP contribution in [0.4, 0.5) is 4.79 Å². The summed E-state index contributed by atoms with van der Waals surface area (Å²) in [6, 6.07) is 15.2. The van der Waals surface area contributed by atoms with Crippen LogP contribution < -0.4 is 5.32 Å². The van der Waals surface area contributed by atoms with Gasteiger partial charge in [0.2, 0.25) is 5.91 Å². The molecule has 2 amide bonds. The zero-order chi connectivity index (χ0) is 24.2. The Hall–Kier alpha value is -3.35. The summed E-state index contributed by atoms with van der Waals surface area (Å²) in [5, 5.41) is 12.0. The van der Waals surface area contributed by atoms with Crippen LogP contribution in [0.2, 0.25) is 0 Å². The fourth-order valence-electron chi connectivity index (χ4n) is 5.22. The Bertz CT molecular complexity index is 1020. The van der Waals surface area contributed by atoms with Crippen molar-refractivity contribution < 1.29 is 24.2 Å². The van der Waals surface area contributed by atoms with Gasteiger partial charge in [0, 0.05) is 18.5 Å². The van der Waals surface area contributed by atoms with E-state index in [1.165, 1.54) is 0 Å². The first-order valence-corrected chi connectivity index (χ1v) is 12.0. The molecule has 2 aromatic carbocycles. The Morgan fingerprint density at radius 3 is 2.26 bits per heavy atom. The monoisotopic (exact) mass is 464 g/mol. The maximum atomic E-state index is 13.3. The van der Waals surface area contributed by atoms with E-state index in [0.717, 1.165) is 28.7 Å². The number of ether oxygens (including phenoxy) is 1. The molecule has 2 aromatic rings. The lowest BCUT2D eigenvalue weighted by Crippen LogP contribution is -2.51. The van der Waals surface area contributed by atoms with Gasteiger partial charge in [-0.1, -0.05) is 62.4 Å². The van der Waals surface area contributed by atoms with Crippen LogP contribution in [-0.2, 0) is 14.3 Å². The Morgan fingerprint density at radius 2 is 1.68 bits per heavy atom. The summed E-state index contributed by atoms with van der Waals surface area (Å²) in [6.45, 7) is 4.66. The third-order valence-corrected chi connectivity index (χ3v) is 6.71. The minimum absolute atomic E-state index is 0.0593. The number of alkyl carbamates (subject to hydrolysis) is 1. The van der Waals surface area contributed by atoms with E-state index in [-0.39, 0.29) is 36.8 Å². The first-order chi connectivity index (χ1) is 16.3. The summed E-state index contributed by atoms with van der Waals surface area (Å²) in [4.78, 5) is 38.9. The molecule has 1 fully saturated rings. The number of hydrogen-bond acceptors (Lipinski definition) is 4. The number of aliphatic carboxylic acids is 1. The number of carboxylic acids is 1. The molecule has 1 aliphatic carbocycles. The highest BCUT2D eigenvalue weighted by molar-refractivity contribution is 5.86. The van der Waals surface area contributed by atoms with E-state index in [4.69, 9.17) is 4.74 Å². The predicted octanol–water partition coefficient (Wildman–Crippen LogP) is 4.41. The number of carbonyl (C=O) groups excluding carboxylic acids is 2. The first kappa shape index (κ1) is 23.8. The van der Waals surface area contributed by atoms with Gasteiger partial charge in [-0.3, -0.25) is 9.59 Å². The molecule has 1 heterocycles. The number of carbonyl (C=O) groups is 3. The molecule has 7 heteroatoms. The van der Waals surface area contributed by atoms with Gasteiger partial charge in [0.15, 0.2) is 0 Å². The average Bonchev–Trinajstić information content (AvgIpc) is 3.38. The molecule has 2 N–H and O–H groups in total. The highest BCUT2D eigenvalue weighted by Gasteiger charge is 2.36. The number of likely N-dealkylation sites (tertiary alicyclic amines) is 1.